The molecule has 0 spiro atoms. The summed E-state index contributed by atoms with van der Waals surface area (Å²) in [4.78, 5) is 21.1. The van der Waals surface area contributed by atoms with Crippen molar-refractivity contribution in [3.8, 4) is 5.75 Å². The smallest absolute Gasteiger partial charge is 0.365 e. The summed E-state index contributed by atoms with van der Waals surface area (Å²) >= 11 is 0. The first-order chi connectivity index (χ1) is 12.7. The van der Waals surface area contributed by atoms with Crippen molar-refractivity contribution in [2.45, 2.75) is 6.61 Å². The van der Waals surface area contributed by atoms with Crippen LogP contribution < -0.4 is 10.5 Å². The first-order valence-corrected chi connectivity index (χ1v) is 7.95. The largest absolute Gasteiger partial charge is 0.489 e. The third kappa shape index (κ3) is 4.67. The van der Waals surface area contributed by atoms with Crippen LogP contribution in [0, 0.1) is 0 Å². The Balaban J connectivity index is 1.63. The zero-order valence-corrected chi connectivity index (χ0v) is 13.9. The summed E-state index contributed by atoms with van der Waals surface area (Å²) in [5.74, 6) is -0.0468. The van der Waals surface area contributed by atoms with Crippen molar-refractivity contribution in [1.82, 2.24) is 4.98 Å². The lowest BCUT2D eigenvalue weighted by Gasteiger charge is -2.07. The van der Waals surface area contributed by atoms with Gasteiger partial charge in [-0.25, -0.2) is 4.79 Å². The fourth-order valence-electron chi connectivity index (χ4n) is 2.16. The van der Waals surface area contributed by atoms with Crippen LogP contribution in [-0.2, 0) is 11.4 Å². The van der Waals surface area contributed by atoms with Crippen LogP contribution in [0.15, 0.2) is 84.1 Å². The second kappa shape index (κ2) is 8.43. The van der Waals surface area contributed by atoms with E-state index in [-0.39, 0.29) is 5.84 Å². The molecule has 2 aromatic carbocycles. The van der Waals surface area contributed by atoms with E-state index in [0.717, 1.165) is 5.56 Å². The SMILES string of the molecule is N/C(=N/OC(=O)c1cccc(OCc2ccccc2)c1)c1ccccn1. The molecule has 1 aromatic heterocycles. The van der Waals surface area contributed by atoms with Gasteiger partial charge in [-0.1, -0.05) is 47.6 Å². The molecular formula is C20H17N3O3. The normalized spacial score (nSPS) is 11.0. The van der Waals surface area contributed by atoms with E-state index in [9.17, 15) is 4.79 Å². The van der Waals surface area contributed by atoms with Gasteiger partial charge in [0.15, 0.2) is 5.84 Å². The lowest BCUT2D eigenvalue weighted by Crippen LogP contribution is -2.16. The first kappa shape index (κ1) is 17.2. The van der Waals surface area contributed by atoms with Gasteiger partial charge in [0.2, 0.25) is 0 Å². The number of ether oxygens (including phenoxy) is 1. The Labute approximate surface area is 150 Å². The maximum absolute atomic E-state index is 12.1. The number of carbonyl (C=O) groups is 1. The second-order valence-corrected chi connectivity index (χ2v) is 5.37. The maximum atomic E-state index is 12.1. The molecule has 3 rings (SSSR count). The highest BCUT2D eigenvalue weighted by Gasteiger charge is 2.10. The quantitative estimate of drug-likeness (QED) is 0.320. The summed E-state index contributed by atoms with van der Waals surface area (Å²) in [5.41, 5.74) is 7.53. The number of benzene rings is 2. The third-order valence-electron chi connectivity index (χ3n) is 3.47. The van der Waals surface area contributed by atoms with E-state index >= 15 is 0 Å². The molecule has 0 bridgehead atoms. The average Bonchev–Trinajstić information content (AvgIpc) is 2.72. The predicted octanol–water partition coefficient (Wildman–Crippen LogP) is 3.14. The first-order valence-electron chi connectivity index (χ1n) is 7.95. The van der Waals surface area contributed by atoms with Crippen molar-refractivity contribution in [3.63, 3.8) is 0 Å². The number of amidine groups is 1. The Morgan fingerprint density at radius 2 is 1.81 bits per heavy atom. The number of rotatable bonds is 6. The summed E-state index contributed by atoms with van der Waals surface area (Å²) in [5, 5.41) is 3.64. The molecule has 0 saturated carbocycles. The molecule has 130 valence electrons. The van der Waals surface area contributed by atoms with Crippen LogP contribution in [0.25, 0.3) is 0 Å². The molecule has 0 saturated heterocycles. The molecule has 26 heavy (non-hydrogen) atoms. The number of nitrogens with two attached hydrogens (primary N) is 1. The van der Waals surface area contributed by atoms with Crippen molar-refractivity contribution in [2.24, 2.45) is 10.9 Å². The molecule has 6 heteroatoms. The minimum atomic E-state index is -0.631. The van der Waals surface area contributed by atoms with Gasteiger partial charge in [-0.3, -0.25) is 4.98 Å². The van der Waals surface area contributed by atoms with Gasteiger partial charge in [-0.05, 0) is 35.9 Å². The Kier molecular flexibility index (Phi) is 5.57. The monoisotopic (exact) mass is 347 g/mol. The fraction of sp³-hybridized carbons (Fsp3) is 0.0500. The Morgan fingerprint density at radius 3 is 2.58 bits per heavy atom. The van der Waals surface area contributed by atoms with Gasteiger partial charge in [-0.2, -0.15) is 0 Å². The molecule has 0 aliphatic heterocycles. The van der Waals surface area contributed by atoms with Crippen molar-refractivity contribution < 1.29 is 14.4 Å². The van der Waals surface area contributed by atoms with Crippen LogP contribution in [0.4, 0.5) is 0 Å². The minimum Gasteiger partial charge on any atom is -0.489 e. The Bertz CT molecular complexity index is 896. The van der Waals surface area contributed by atoms with Crippen LogP contribution in [0.3, 0.4) is 0 Å². The number of oxime groups is 1. The minimum absolute atomic E-state index is 0.0235. The lowest BCUT2D eigenvalue weighted by molar-refractivity contribution is 0.0515. The van der Waals surface area contributed by atoms with E-state index in [4.69, 9.17) is 15.3 Å². The number of carbonyl (C=O) groups excluding carboxylic acids is 1. The third-order valence-corrected chi connectivity index (χ3v) is 3.47. The molecule has 0 amide bonds. The van der Waals surface area contributed by atoms with E-state index in [1.807, 2.05) is 30.3 Å². The standard InChI is InChI=1S/C20H17N3O3/c21-19(18-11-4-5-12-22-18)23-26-20(24)16-9-6-10-17(13-16)25-14-15-7-2-1-3-8-15/h1-13H,14H2,(H2,21,23). The van der Waals surface area contributed by atoms with Crippen LogP contribution in [0.1, 0.15) is 21.6 Å². The average molecular weight is 347 g/mol. The second-order valence-electron chi connectivity index (χ2n) is 5.37. The Hall–Kier alpha value is -3.67. The van der Waals surface area contributed by atoms with Gasteiger partial charge < -0.3 is 15.3 Å². The molecule has 2 N–H and O–H groups in total. The van der Waals surface area contributed by atoms with Crippen molar-refractivity contribution in [1.29, 1.82) is 0 Å². The molecule has 0 aliphatic rings. The molecule has 0 atom stereocenters. The molecule has 0 radical (unpaired) electrons. The Morgan fingerprint density at radius 1 is 1.00 bits per heavy atom. The maximum Gasteiger partial charge on any atom is 0.365 e. The van der Waals surface area contributed by atoms with Crippen molar-refractivity contribution >= 4 is 11.8 Å². The lowest BCUT2D eigenvalue weighted by atomic mass is 10.2. The molecular weight excluding hydrogens is 330 g/mol. The summed E-state index contributed by atoms with van der Waals surface area (Å²) < 4.78 is 5.70. The van der Waals surface area contributed by atoms with E-state index in [0.29, 0.717) is 23.6 Å². The fourth-order valence-corrected chi connectivity index (χ4v) is 2.16. The van der Waals surface area contributed by atoms with Crippen LogP contribution >= 0.6 is 0 Å². The number of hydrogen-bond acceptors (Lipinski definition) is 5. The molecule has 0 aliphatic carbocycles. The van der Waals surface area contributed by atoms with Gasteiger partial charge in [0.1, 0.15) is 18.1 Å². The molecule has 1 heterocycles. The molecule has 0 fully saturated rings. The molecule has 6 nitrogen and oxygen atoms in total. The summed E-state index contributed by atoms with van der Waals surface area (Å²) in [6.45, 7) is 0.407. The van der Waals surface area contributed by atoms with Crippen LogP contribution in [0.2, 0.25) is 0 Å². The summed E-state index contributed by atoms with van der Waals surface area (Å²) in [6, 6.07) is 21.6. The highest BCUT2D eigenvalue weighted by atomic mass is 16.7. The zero-order valence-electron chi connectivity index (χ0n) is 13.9. The number of nitrogens with zero attached hydrogens (tertiary/aromatic N) is 2. The summed E-state index contributed by atoms with van der Waals surface area (Å²) in [7, 11) is 0. The zero-order chi connectivity index (χ0) is 18.2. The molecule has 3 aromatic rings. The highest BCUT2D eigenvalue weighted by molar-refractivity contribution is 5.96. The van der Waals surface area contributed by atoms with Gasteiger partial charge >= 0.3 is 5.97 Å². The van der Waals surface area contributed by atoms with Crippen molar-refractivity contribution in [3.05, 3.63) is 95.8 Å². The van der Waals surface area contributed by atoms with Crippen LogP contribution in [-0.4, -0.2) is 16.8 Å². The number of hydrogen-bond donors (Lipinski definition) is 1. The van der Waals surface area contributed by atoms with E-state index < -0.39 is 5.97 Å². The van der Waals surface area contributed by atoms with Gasteiger partial charge in [0.25, 0.3) is 0 Å². The van der Waals surface area contributed by atoms with Gasteiger partial charge in [-0.15, -0.1) is 0 Å². The van der Waals surface area contributed by atoms with Gasteiger partial charge in [0, 0.05) is 6.20 Å². The van der Waals surface area contributed by atoms with E-state index in [2.05, 4.69) is 10.1 Å². The van der Waals surface area contributed by atoms with Crippen LogP contribution in [0.5, 0.6) is 5.75 Å². The van der Waals surface area contributed by atoms with Crippen molar-refractivity contribution in [2.75, 3.05) is 0 Å². The van der Waals surface area contributed by atoms with Gasteiger partial charge in [0.05, 0.1) is 5.56 Å². The summed E-state index contributed by atoms with van der Waals surface area (Å²) in [6.07, 6.45) is 1.58. The number of pyridine rings is 1. The highest BCUT2D eigenvalue weighted by Crippen LogP contribution is 2.16. The topological polar surface area (TPSA) is 86.8 Å². The molecule has 0 unspecified atom stereocenters. The van der Waals surface area contributed by atoms with E-state index in [1.165, 1.54) is 0 Å². The van der Waals surface area contributed by atoms with E-state index in [1.54, 1.807) is 48.7 Å². The predicted molar refractivity (Wildman–Crippen MR) is 97.6 cm³/mol. The number of aromatic nitrogens is 1.